The summed E-state index contributed by atoms with van der Waals surface area (Å²) in [5, 5.41) is 8.32. The van der Waals surface area contributed by atoms with Gasteiger partial charge in [0.15, 0.2) is 10.8 Å². The summed E-state index contributed by atoms with van der Waals surface area (Å²) in [6.45, 7) is 3.89. The molecule has 1 amide bonds. The normalized spacial score (nSPS) is 15.2. The molecular weight excluding hydrogens is 412 g/mol. The smallest absolute Gasteiger partial charge is 0.265 e. The van der Waals surface area contributed by atoms with Crippen molar-refractivity contribution in [2.45, 2.75) is 31.5 Å². The summed E-state index contributed by atoms with van der Waals surface area (Å²) in [7, 11) is 0. The van der Waals surface area contributed by atoms with Crippen LogP contribution in [0.2, 0.25) is 0 Å². The van der Waals surface area contributed by atoms with E-state index in [1.807, 2.05) is 50.2 Å². The topological polar surface area (TPSA) is 94.7 Å². The number of hydrogen-bond acceptors (Lipinski definition) is 6. The van der Waals surface area contributed by atoms with Crippen molar-refractivity contribution in [1.29, 1.82) is 0 Å². The highest BCUT2D eigenvalue weighted by Crippen LogP contribution is 2.33. The highest BCUT2D eigenvalue weighted by atomic mass is 32.2. The Hall–Kier alpha value is -3.46. The van der Waals surface area contributed by atoms with Crippen LogP contribution in [0.5, 0.6) is 0 Å². The summed E-state index contributed by atoms with van der Waals surface area (Å²) >= 11 is 1.48. The number of pyridine rings is 1. The molecule has 5 rings (SSSR count). The van der Waals surface area contributed by atoms with Crippen LogP contribution in [0, 0.1) is 13.8 Å². The van der Waals surface area contributed by atoms with Crippen molar-refractivity contribution in [2.75, 3.05) is 11.1 Å². The van der Waals surface area contributed by atoms with E-state index in [0.717, 1.165) is 16.8 Å². The van der Waals surface area contributed by atoms with E-state index in [0.29, 0.717) is 27.8 Å². The summed E-state index contributed by atoms with van der Waals surface area (Å²) in [4.78, 5) is 34.8. The Morgan fingerprint density at radius 1 is 1.19 bits per heavy atom. The zero-order valence-corrected chi connectivity index (χ0v) is 17.9. The Morgan fingerprint density at radius 3 is 2.81 bits per heavy atom. The molecule has 0 fully saturated rings. The lowest BCUT2D eigenvalue weighted by Crippen LogP contribution is -2.28. The standard InChI is InChI=1S/C22H20N6O2S/c1-13-6-3-4-8-17(13)28-20-16(11-24-28)21(30)27-15(12-31-22(27)26-20)10-18(29)25-19-14(2)7-5-9-23-19/h3-9,11,15H,10,12H2,1-2H3,(H,23,25,29). The minimum Gasteiger partial charge on any atom is -0.310 e. The van der Waals surface area contributed by atoms with Crippen LogP contribution < -0.4 is 10.9 Å². The van der Waals surface area contributed by atoms with Gasteiger partial charge in [-0.1, -0.05) is 36.0 Å². The van der Waals surface area contributed by atoms with E-state index >= 15 is 0 Å². The van der Waals surface area contributed by atoms with E-state index in [1.54, 1.807) is 21.6 Å². The molecule has 0 bridgehead atoms. The van der Waals surface area contributed by atoms with Gasteiger partial charge in [-0.2, -0.15) is 5.10 Å². The summed E-state index contributed by atoms with van der Waals surface area (Å²) in [5.41, 5.74) is 3.19. The van der Waals surface area contributed by atoms with Crippen molar-refractivity contribution in [3.63, 3.8) is 0 Å². The van der Waals surface area contributed by atoms with Crippen LogP contribution in [0.15, 0.2) is 58.7 Å². The Morgan fingerprint density at radius 2 is 2.00 bits per heavy atom. The first kappa shape index (κ1) is 19.5. The fourth-order valence-corrected chi connectivity index (χ4v) is 4.90. The monoisotopic (exact) mass is 432 g/mol. The number of thioether (sulfide) groups is 1. The molecule has 0 spiro atoms. The van der Waals surface area contributed by atoms with Gasteiger partial charge in [-0.15, -0.1) is 0 Å². The fraction of sp³-hybridized carbons (Fsp3) is 0.227. The van der Waals surface area contributed by atoms with Gasteiger partial charge in [0, 0.05) is 18.4 Å². The van der Waals surface area contributed by atoms with Gasteiger partial charge in [-0.3, -0.25) is 14.2 Å². The quantitative estimate of drug-likeness (QED) is 0.498. The maximum atomic E-state index is 13.3. The van der Waals surface area contributed by atoms with Crippen LogP contribution >= 0.6 is 11.8 Å². The van der Waals surface area contributed by atoms with Crippen LogP contribution in [0.3, 0.4) is 0 Å². The molecule has 0 aliphatic carbocycles. The zero-order chi connectivity index (χ0) is 21.5. The average Bonchev–Trinajstić information content (AvgIpc) is 3.35. The summed E-state index contributed by atoms with van der Waals surface area (Å²) in [6, 6.07) is 11.3. The number of aryl methyl sites for hydroxylation is 2. The number of amides is 1. The highest BCUT2D eigenvalue weighted by Gasteiger charge is 2.30. The Labute approximate surface area is 182 Å². The first-order valence-electron chi connectivity index (χ1n) is 9.93. The zero-order valence-electron chi connectivity index (χ0n) is 17.1. The number of carbonyl (C=O) groups is 1. The molecule has 4 heterocycles. The van der Waals surface area contributed by atoms with E-state index in [4.69, 9.17) is 4.98 Å². The first-order chi connectivity index (χ1) is 15.0. The molecule has 1 aliphatic rings. The fourth-order valence-electron chi connectivity index (χ4n) is 3.77. The molecule has 1 atom stereocenters. The highest BCUT2D eigenvalue weighted by molar-refractivity contribution is 7.99. The number of para-hydroxylation sites is 1. The third kappa shape index (κ3) is 3.40. The van der Waals surface area contributed by atoms with Gasteiger partial charge in [0.05, 0.1) is 17.9 Å². The van der Waals surface area contributed by atoms with E-state index in [-0.39, 0.29) is 23.9 Å². The molecule has 1 aliphatic heterocycles. The molecule has 8 nitrogen and oxygen atoms in total. The van der Waals surface area contributed by atoms with Crippen LogP contribution in [0.4, 0.5) is 5.82 Å². The molecule has 0 saturated carbocycles. The van der Waals surface area contributed by atoms with Crippen LogP contribution in [0.25, 0.3) is 16.7 Å². The summed E-state index contributed by atoms with van der Waals surface area (Å²) in [6.07, 6.45) is 3.37. The lowest BCUT2D eigenvalue weighted by atomic mass is 10.2. The van der Waals surface area contributed by atoms with Crippen molar-refractivity contribution < 1.29 is 4.79 Å². The van der Waals surface area contributed by atoms with Crippen LogP contribution in [0.1, 0.15) is 23.6 Å². The predicted octanol–water partition coefficient (Wildman–Crippen LogP) is 3.27. The lowest BCUT2D eigenvalue weighted by molar-refractivity contribution is -0.116. The third-order valence-electron chi connectivity index (χ3n) is 5.40. The van der Waals surface area contributed by atoms with Gasteiger partial charge in [0.25, 0.3) is 5.56 Å². The molecule has 0 saturated heterocycles. The Balaban J connectivity index is 1.47. The number of anilines is 1. The predicted molar refractivity (Wildman–Crippen MR) is 120 cm³/mol. The summed E-state index contributed by atoms with van der Waals surface area (Å²) in [5.74, 6) is 0.975. The van der Waals surface area contributed by atoms with Crippen molar-refractivity contribution >= 4 is 34.5 Å². The molecule has 156 valence electrons. The van der Waals surface area contributed by atoms with E-state index < -0.39 is 0 Å². The number of nitrogens with zero attached hydrogens (tertiary/aromatic N) is 5. The average molecular weight is 433 g/mol. The molecule has 4 aromatic rings. The molecule has 1 unspecified atom stereocenters. The third-order valence-corrected chi connectivity index (χ3v) is 6.50. The second-order valence-electron chi connectivity index (χ2n) is 7.54. The van der Waals surface area contributed by atoms with E-state index in [1.165, 1.54) is 11.8 Å². The number of carbonyl (C=O) groups excluding carboxylic acids is 1. The number of benzene rings is 1. The van der Waals surface area contributed by atoms with Crippen molar-refractivity contribution in [3.8, 4) is 5.69 Å². The maximum absolute atomic E-state index is 13.3. The molecule has 31 heavy (non-hydrogen) atoms. The van der Waals surface area contributed by atoms with E-state index in [9.17, 15) is 9.59 Å². The van der Waals surface area contributed by atoms with Crippen molar-refractivity contribution in [1.82, 2.24) is 24.3 Å². The SMILES string of the molecule is Cc1ccccc1-n1ncc2c(=O)n3c(nc21)SCC3CC(=O)Nc1ncccc1C. The minimum atomic E-state index is -0.268. The number of rotatable bonds is 4. The molecule has 9 heteroatoms. The number of fused-ring (bicyclic) bond motifs is 2. The number of aromatic nitrogens is 5. The van der Waals surface area contributed by atoms with Crippen LogP contribution in [-0.4, -0.2) is 36.0 Å². The summed E-state index contributed by atoms with van der Waals surface area (Å²) < 4.78 is 3.33. The Kier molecular flexibility index (Phi) is 4.82. The van der Waals surface area contributed by atoms with Gasteiger partial charge in [0.1, 0.15) is 11.2 Å². The van der Waals surface area contributed by atoms with E-state index in [2.05, 4.69) is 15.4 Å². The van der Waals surface area contributed by atoms with Gasteiger partial charge in [-0.05, 0) is 37.1 Å². The maximum Gasteiger partial charge on any atom is 0.265 e. The Bertz CT molecular complexity index is 1380. The molecular formula is C22H20N6O2S. The van der Waals surface area contributed by atoms with Gasteiger partial charge < -0.3 is 5.32 Å². The number of nitrogens with one attached hydrogen (secondary N) is 1. The minimum absolute atomic E-state index is 0.170. The number of hydrogen-bond donors (Lipinski definition) is 1. The van der Waals surface area contributed by atoms with Gasteiger partial charge in [-0.25, -0.2) is 14.6 Å². The lowest BCUT2D eigenvalue weighted by Gasteiger charge is -2.14. The van der Waals surface area contributed by atoms with Crippen LogP contribution in [-0.2, 0) is 4.79 Å². The first-order valence-corrected chi connectivity index (χ1v) is 10.9. The van der Waals surface area contributed by atoms with Gasteiger partial charge >= 0.3 is 0 Å². The van der Waals surface area contributed by atoms with Crippen molar-refractivity contribution in [2.24, 2.45) is 0 Å². The second-order valence-corrected chi connectivity index (χ2v) is 8.52. The van der Waals surface area contributed by atoms with Crippen molar-refractivity contribution in [3.05, 3.63) is 70.3 Å². The molecule has 0 radical (unpaired) electrons. The molecule has 1 N–H and O–H groups in total. The molecule has 1 aromatic carbocycles. The van der Waals surface area contributed by atoms with Gasteiger partial charge in [0.2, 0.25) is 5.91 Å². The second kappa shape index (κ2) is 7.66. The molecule has 3 aromatic heterocycles. The largest absolute Gasteiger partial charge is 0.310 e.